The maximum absolute atomic E-state index is 3.41. The molecule has 1 fully saturated rings. The summed E-state index contributed by atoms with van der Waals surface area (Å²) in [6.07, 6.45) is 2.65. The van der Waals surface area contributed by atoms with Crippen LogP contribution >= 0.6 is 22.6 Å². The van der Waals surface area contributed by atoms with Crippen molar-refractivity contribution >= 4 is 34.0 Å². The Hall–Kier alpha value is -0.450. The third kappa shape index (κ3) is 3.76. The molecule has 1 aromatic rings. The number of hydrogen-bond acceptors (Lipinski definition) is 2. The SMILES string of the molecule is CC1CCN(c2ccc(NC(C)I)cc2)CC1. The minimum absolute atomic E-state index is 0.467. The lowest BCUT2D eigenvalue weighted by Crippen LogP contribution is -2.32. The first-order valence-corrected chi connectivity index (χ1v) is 7.65. The van der Waals surface area contributed by atoms with Gasteiger partial charge in [-0.2, -0.15) is 0 Å². The number of nitrogens with one attached hydrogen (secondary N) is 1. The molecule has 94 valence electrons. The third-order valence-corrected chi connectivity index (χ3v) is 3.69. The maximum atomic E-state index is 3.41. The van der Waals surface area contributed by atoms with Crippen LogP contribution in [0.15, 0.2) is 24.3 Å². The van der Waals surface area contributed by atoms with Gasteiger partial charge in [0.05, 0.1) is 4.05 Å². The molecule has 1 aliphatic heterocycles. The van der Waals surface area contributed by atoms with E-state index in [4.69, 9.17) is 0 Å². The van der Waals surface area contributed by atoms with Crippen LogP contribution in [0.4, 0.5) is 11.4 Å². The van der Waals surface area contributed by atoms with Gasteiger partial charge in [0.2, 0.25) is 0 Å². The summed E-state index contributed by atoms with van der Waals surface area (Å²) in [5.41, 5.74) is 2.57. The Balaban J connectivity index is 1.97. The number of piperidine rings is 1. The van der Waals surface area contributed by atoms with Crippen LogP contribution in [0.2, 0.25) is 0 Å². The maximum Gasteiger partial charge on any atom is 0.0752 e. The fourth-order valence-electron chi connectivity index (χ4n) is 2.26. The van der Waals surface area contributed by atoms with Crippen LogP contribution in [0.25, 0.3) is 0 Å². The largest absolute Gasteiger partial charge is 0.374 e. The van der Waals surface area contributed by atoms with E-state index in [2.05, 4.69) is 70.9 Å². The summed E-state index contributed by atoms with van der Waals surface area (Å²) >= 11 is 2.38. The quantitative estimate of drug-likeness (QED) is 0.504. The zero-order valence-corrected chi connectivity index (χ0v) is 12.8. The molecule has 0 bridgehead atoms. The van der Waals surface area contributed by atoms with E-state index in [1.54, 1.807) is 0 Å². The van der Waals surface area contributed by atoms with Crippen molar-refractivity contribution in [3.8, 4) is 0 Å². The van der Waals surface area contributed by atoms with Crippen molar-refractivity contribution in [2.24, 2.45) is 5.92 Å². The number of anilines is 2. The smallest absolute Gasteiger partial charge is 0.0752 e. The zero-order chi connectivity index (χ0) is 12.3. The number of nitrogens with zero attached hydrogens (tertiary/aromatic N) is 1. The molecule has 1 N–H and O–H groups in total. The monoisotopic (exact) mass is 344 g/mol. The van der Waals surface area contributed by atoms with Crippen molar-refractivity contribution < 1.29 is 0 Å². The van der Waals surface area contributed by atoms with Gasteiger partial charge in [0.15, 0.2) is 0 Å². The average molecular weight is 344 g/mol. The molecule has 0 aromatic heterocycles. The van der Waals surface area contributed by atoms with Gasteiger partial charge in [-0.15, -0.1) is 0 Å². The summed E-state index contributed by atoms with van der Waals surface area (Å²) < 4.78 is 0.467. The Kier molecular flexibility index (Phi) is 4.54. The Morgan fingerprint density at radius 1 is 1.24 bits per heavy atom. The van der Waals surface area contributed by atoms with Crippen LogP contribution in [0.5, 0.6) is 0 Å². The van der Waals surface area contributed by atoms with Gasteiger partial charge >= 0.3 is 0 Å². The summed E-state index contributed by atoms with van der Waals surface area (Å²) in [5, 5.41) is 3.41. The van der Waals surface area contributed by atoms with E-state index in [0.717, 1.165) is 5.92 Å². The second kappa shape index (κ2) is 5.94. The summed E-state index contributed by atoms with van der Waals surface area (Å²) in [4.78, 5) is 2.50. The molecular weight excluding hydrogens is 323 g/mol. The number of hydrogen-bond donors (Lipinski definition) is 1. The highest BCUT2D eigenvalue weighted by atomic mass is 127. The van der Waals surface area contributed by atoms with Crippen LogP contribution in [-0.4, -0.2) is 17.1 Å². The van der Waals surface area contributed by atoms with Crippen molar-refractivity contribution in [3.63, 3.8) is 0 Å². The fourth-order valence-corrected chi connectivity index (χ4v) is 2.62. The molecule has 0 saturated carbocycles. The van der Waals surface area contributed by atoms with Gasteiger partial charge in [-0.1, -0.05) is 29.5 Å². The van der Waals surface area contributed by atoms with E-state index in [0.29, 0.717) is 4.05 Å². The molecule has 1 unspecified atom stereocenters. The molecule has 0 spiro atoms. The summed E-state index contributed by atoms with van der Waals surface area (Å²) in [5.74, 6) is 0.895. The summed E-state index contributed by atoms with van der Waals surface area (Å²) in [6, 6.07) is 8.83. The van der Waals surface area contributed by atoms with Crippen LogP contribution in [0, 0.1) is 5.92 Å². The summed E-state index contributed by atoms with van der Waals surface area (Å²) in [7, 11) is 0. The lowest BCUT2D eigenvalue weighted by atomic mass is 9.99. The minimum Gasteiger partial charge on any atom is -0.374 e. The van der Waals surface area contributed by atoms with Gasteiger partial charge in [-0.3, -0.25) is 0 Å². The van der Waals surface area contributed by atoms with E-state index in [1.165, 1.54) is 37.3 Å². The molecule has 1 aliphatic rings. The average Bonchev–Trinajstić information content (AvgIpc) is 2.30. The predicted octanol–water partition coefficient (Wildman–Crippen LogP) is 4.12. The highest BCUT2D eigenvalue weighted by Gasteiger charge is 2.15. The first kappa shape index (κ1) is 13.0. The van der Waals surface area contributed by atoms with E-state index in [9.17, 15) is 0 Å². The molecule has 1 saturated heterocycles. The van der Waals surface area contributed by atoms with Gasteiger partial charge in [-0.05, 0) is 49.9 Å². The molecule has 1 atom stereocenters. The summed E-state index contributed by atoms with van der Waals surface area (Å²) in [6.45, 7) is 6.92. The van der Waals surface area contributed by atoms with Gasteiger partial charge in [0.25, 0.3) is 0 Å². The number of rotatable bonds is 3. The van der Waals surface area contributed by atoms with Gasteiger partial charge in [-0.25, -0.2) is 0 Å². The topological polar surface area (TPSA) is 15.3 Å². The molecule has 17 heavy (non-hydrogen) atoms. The Labute approximate surface area is 118 Å². The van der Waals surface area contributed by atoms with E-state index < -0.39 is 0 Å². The second-order valence-electron chi connectivity index (χ2n) is 4.98. The van der Waals surface area contributed by atoms with E-state index >= 15 is 0 Å². The molecular formula is C14H21IN2. The second-order valence-corrected chi connectivity index (χ2v) is 6.85. The van der Waals surface area contributed by atoms with Crippen molar-refractivity contribution in [3.05, 3.63) is 24.3 Å². The van der Waals surface area contributed by atoms with Crippen LogP contribution < -0.4 is 10.2 Å². The molecule has 1 aromatic carbocycles. The molecule has 1 heterocycles. The lowest BCUT2D eigenvalue weighted by molar-refractivity contribution is 0.438. The van der Waals surface area contributed by atoms with E-state index in [-0.39, 0.29) is 0 Å². The Morgan fingerprint density at radius 2 is 1.82 bits per heavy atom. The number of halogens is 1. The minimum atomic E-state index is 0.467. The number of benzene rings is 1. The third-order valence-electron chi connectivity index (χ3n) is 3.38. The first-order valence-electron chi connectivity index (χ1n) is 6.41. The van der Waals surface area contributed by atoms with Gasteiger partial charge in [0.1, 0.15) is 0 Å². The molecule has 0 radical (unpaired) electrons. The van der Waals surface area contributed by atoms with Crippen molar-refractivity contribution in [2.45, 2.75) is 30.7 Å². The van der Waals surface area contributed by atoms with Crippen LogP contribution in [0.3, 0.4) is 0 Å². The molecule has 0 aliphatic carbocycles. The van der Waals surface area contributed by atoms with Gasteiger partial charge in [0, 0.05) is 24.5 Å². The van der Waals surface area contributed by atoms with Crippen molar-refractivity contribution in [1.29, 1.82) is 0 Å². The fraction of sp³-hybridized carbons (Fsp3) is 0.571. The van der Waals surface area contributed by atoms with Crippen LogP contribution in [0.1, 0.15) is 26.7 Å². The molecule has 2 nitrogen and oxygen atoms in total. The highest BCUT2D eigenvalue weighted by molar-refractivity contribution is 14.1. The zero-order valence-electron chi connectivity index (χ0n) is 10.6. The normalized spacial score (nSPS) is 19.1. The van der Waals surface area contributed by atoms with Crippen molar-refractivity contribution in [2.75, 3.05) is 23.3 Å². The lowest BCUT2D eigenvalue weighted by Gasteiger charge is -2.32. The van der Waals surface area contributed by atoms with Crippen molar-refractivity contribution in [1.82, 2.24) is 0 Å². The molecule has 2 rings (SSSR count). The first-order chi connectivity index (χ1) is 8.15. The Morgan fingerprint density at radius 3 is 2.35 bits per heavy atom. The van der Waals surface area contributed by atoms with Crippen LogP contribution in [-0.2, 0) is 0 Å². The Bertz CT molecular complexity index is 340. The molecule has 3 heteroatoms. The van der Waals surface area contributed by atoms with Gasteiger partial charge < -0.3 is 10.2 Å². The molecule has 0 amide bonds. The highest BCUT2D eigenvalue weighted by Crippen LogP contribution is 2.24. The standard InChI is InChI=1S/C14H21IN2/c1-11-7-9-17(10-8-11)14-5-3-13(4-6-14)16-12(2)15/h3-6,11-12,16H,7-10H2,1-2H3. The van der Waals surface area contributed by atoms with E-state index in [1.807, 2.05) is 0 Å². The predicted molar refractivity (Wildman–Crippen MR) is 84.2 cm³/mol. The number of alkyl halides is 1.